The smallest absolute Gasteiger partial charge is 0.303 e. The molecule has 1 aromatic rings. The Morgan fingerprint density at radius 2 is 2.11 bits per heavy atom. The molecule has 0 amide bonds. The minimum absolute atomic E-state index is 0.279. The summed E-state index contributed by atoms with van der Waals surface area (Å²) in [5.41, 5.74) is 2.89. The fourth-order valence-corrected chi connectivity index (χ4v) is 5.53. The number of piperidine rings is 2. The molecule has 1 aliphatic carbocycles. The number of nitriles is 1. The molecule has 5 aliphatic rings. The normalized spacial score (nSPS) is 30.7. The summed E-state index contributed by atoms with van der Waals surface area (Å²) in [6.07, 6.45) is 3.29. The Labute approximate surface area is 164 Å². The number of rotatable bonds is 4. The summed E-state index contributed by atoms with van der Waals surface area (Å²) in [4.78, 5) is 20.8. The molecule has 5 heterocycles. The lowest BCUT2D eigenvalue weighted by atomic mass is 9.60. The second-order valence-electron chi connectivity index (χ2n) is 8.76. The van der Waals surface area contributed by atoms with Gasteiger partial charge in [0, 0.05) is 37.7 Å². The van der Waals surface area contributed by atoms with E-state index in [4.69, 9.17) is 9.72 Å². The lowest BCUT2D eigenvalue weighted by Crippen LogP contribution is -2.56. The van der Waals surface area contributed by atoms with E-state index in [-0.39, 0.29) is 6.42 Å². The third-order valence-electron chi connectivity index (χ3n) is 7.25. The molecule has 2 bridgehead atoms. The van der Waals surface area contributed by atoms with E-state index in [0.29, 0.717) is 37.0 Å². The average Bonchev–Trinajstić information content (AvgIpc) is 2.70. The topological polar surface area (TPSA) is 89.7 Å². The summed E-state index contributed by atoms with van der Waals surface area (Å²) in [7, 11) is 0. The number of aromatic nitrogens is 1. The first-order chi connectivity index (χ1) is 13.6. The third kappa shape index (κ3) is 2.66. The van der Waals surface area contributed by atoms with Crippen LogP contribution in [0, 0.1) is 29.1 Å². The molecule has 4 atom stereocenters. The summed E-state index contributed by atoms with van der Waals surface area (Å²) in [5.74, 6) is 2.26. The Morgan fingerprint density at radius 1 is 1.32 bits per heavy atom. The summed E-state index contributed by atoms with van der Waals surface area (Å²) in [5, 5.41) is 19.1. The van der Waals surface area contributed by atoms with Gasteiger partial charge in [0.05, 0.1) is 18.8 Å². The molecule has 1 N–H and O–H groups in total. The second kappa shape index (κ2) is 6.63. The van der Waals surface area contributed by atoms with Gasteiger partial charge in [0.25, 0.3) is 0 Å². The van der Waals surface area contributed by atoms with E-state index in [1.54, 1.807) is 0 Å². The predicted octanol–water partition coefficient (Wildman–Crippen LogP) is 2.17. The standard InChI is InChI=1S/C21H26N4O3/c1-12-2-4-25(12)21-17(8-22)15-3-5-28-11-18(15)20(23-21)24-9-13-6-14(10-24)16(13)7-19(26)27/h12-14,16H,2-7,9-11H2,1H3,(H,26,27)/t12?,13-,14+,16?. The van der Waals surface area contributed by atoms with Gasteiger partial charge in [0.15, 0.2) is 0 Å². The van der Waals surface area contributed by atoms with Gasteiger partial charge in [-0.15, -0.1) is 0 Å². The van der Waals surface area contributed by atoms with Gasteiger partial charge in [-0.3, -0.25) is 4.79 Å². The van der Waals surface area contributed by atoms with Crippen LogP contribution in [0.2, 0.25) is 0 Å². The molecule has 0 aromatic carbocycles. The largest absolute Gasteiger partial charge is 0.481 e. The minimum atomic E-state index is -0.690. The first-order valence-electron chi connectivity index (χ1n) is 10.3. The summed E-state index contributed by atoms with van der Waals surface area (Å²) in [6, 6.07) is 2.84. The Kier molecular flexibility index (Phi) is 4.20. The van der Waals surface area contributed by atoms with Crippen LogP contribution in [-0.2, 0) is 22.6 Å². The third-order valence-corrected chi connectivity index (χ3v) is 7.25. The van der Waals surface area contributed by atoms with E-state index in [2.05, 4.69) is 22.8 Å². The number of fused-ring (bicyclic) bond motifs is 3. The number of carboxylic acid groups (broad SMARTS) is 1. The first-order valence-corrected chi connectivity index (χ1v) is 10.3. The van der Waals surface area contributed by atoms with Crippen molar-refractivity contribution < 1.29 is 14.6 Å². The summed E-state index contributed by atoms with van der Waals surface area (Å²) in [6.45, 7) is 5.99. The van der Waals surface area contributed by atoms with Gasteiger partial charge < -0.3 is 19.6 Å². The molecule has 0 radical (unpaired) electrons. The van der Waals surface area contributed by atoms with E-state index in [9.17, 15) is 15.2 Å². The molecule has 6 rings (SSSR count). The van der Waals surface area contributed by atoms with Crippen LogP contribution in [0.15, 0.2) is 0 Å². The van der Waals surface area contributed by atoms with E-state index >= 15 is 0 Å². The number of carbonyl (C=O) groups is 1. The fraction of sp³-hybridized carbons (Fsp3) is 0.667. The van der Waals surface area contributed by atoms with Crippen LogP contribution in [0.1, 0.15) is 42.9 Å². The number of aliphatic carboxylic acids is 1. The van der Waals surface area contributed by atoms with E-state index in [1.165, 1.54) is 0 Å². The van der Waals surface area contributed by atoms with Gasteiger partial charge in [-0.05, 0) is 49.5 Å². The SMILES string of the molecule is CC1CCN1c1nc(N2C[C@H]3C[C@@H](C2)C3CC(=O)O)c2c(c1C#N)CCOC2. The maximum absolute atomic E-state index is 11.2. The van der Waals surface area contributed by atoms with Gasteiger partial charge >= 0.3 is 5.97 Å². The van der Waals surface area contributed by atoms with Crippen LogP contribution in [0.25, 0.3) is 0 Å². The van der Waals surface area contributed by atoms with Crippen molar-refractivity contribution in [2.24, 2.45) is 17.8 Å². The van der Waals surface area contributed by atoms with Crippen molar-refractivity contribution in [3.05, 3.63) is 16.7 Å². The van der Waals surface area contributed by atoms with Crippen LogP contribution in [-0.4, -0.2) is 48.3 Å². The number of ether oxygens (including phenoxy) is 1. The number of carboxylic acids is 1. The monoisotopic (exact) mass is 382 g/mol. The zero-order chi connectivity index (χ0) is 19.4. The van der Waals surface area contributed by atoms with Crippen LogP contribution in [0.4, 0.5) is 11.6 Å². The van der Waals surface area contributed by atoms with E-state index in [1.807, 2.05) is 0 Å². The van der Waals surface area contributed by atoms with Crippen LogP contribution in [0.3, 0.4) is 0 Å². The summed E-state index contributed by atoms with van der Waals surface area (Å²) >= 11 is 0. The number of hydrogen-bond acceptors (Lipinski definition) is 6. The van der Waals surface area contributed by atoms with Crippen molar-refractivity contribution in [1.29, 1.82) is 5.26 Å². The van der Waals surface area contributed by atoms with Gasteiger partial charge in [0.1, 0.15) is 17.7 Å². The van der Waals surface area contributed by atoms with Crippen LogP contribution >= 0.6 is 0 Å². The van der Waals surface area contributed by atoms with Crippen molar-refractivity contribution in [1.82, 2.24) is 4.98 Å². The molecule has 2 unspecified atom stereocenters. The van der Waals surface area contributed by atoms with E-state index < -0.39 is 5.97 Å². The lowest BCUT2D eigenvalue weighted by Gasteiger charge is -2.54. The Morgan fingerprint density at radius 3 is 2.71 bits per heavy atom. The van der Waals surface area contributed by atoms with Crippen molar-refractivity contribution in [2.75, 3.05) is 36.0 Å². The second-order valence-corrected chi connectivity index (χ2v) is 8.76. The van der Waals surface area contributed by atoms with Crippen molar-refractivity contribution in [3.63, 3.8) is 0 Å². The quantitative estimate of drug-likeness (QED) is 0.853. The van der Waals surface area contributed by atoms with E-state index in [0.717, 1.165) is 67.2 Å². The zero-order valence-electron chi connectivity index (χ0n) is 16.2. The van der Waals surface area contributed by atoms with Crippen molar-refractivity contribution >= 4 is 17.6 Å². The number of anilines is 2. The van der Waals surface area contributed by atoms with Gasteiger partial charge in [-0.2, -0.15) is 5.26 Å². The molecule has 3 saturated heterocycles. The molecule has 7 nitrogen and oxygen atoms in total. The molecule has 28 heavy (non-hydrogen) atoms. The van der Waals surface area contributed by atoms with Crippen LogP contribution < -0.4 is 9.80 Å². The van der Waals surface area contributed by atoms with Crippen LogP contribution in [0.5, 0.6) is 0 Å². The fourth-order valence-electron chi connectivity index (χ4n) is 5.53. The maximum atomic E-state index is 11.2. The average molecular weight is 382 g/mol. The molecular weight excluding hydrogens is 356 g/mol. The van der Waals surface area contributed by atoms with Crippen molar-refractivity contribution in [3.8, 4) is 6.07 Å². The zero-order valence-corrected chi connectivity index (χ0v) is 16.2. The van der Waals surface area contributed by atoms with Crippen molar-refractivity contribution in [2.45, 2.75) is 45.3 Å². The highest BCUT2D eigenvalue weighted by Gasteiger charge is 2.48. The molecule has 1 saturated carbocycles. The molecule has 4 fully saturated rings. The maximum Gasteiger partial charge on any atom is 0.303 e. The molecule has 148 valence electrons. The lowest BCUT2D eigenvalue weighted by molar-refractivity contribution is -0.141. The highest BCUT2D eigenvalue weighted by atomic mass is 16.5. The molecule has 7 heteroatoms. The Bertz CT molecular complexity index is 852. The first kappa shape index (κ1) is 17.7. The number of hydrogen-bond donors (Lipinski definition) is 1. The highest BCUT2D eigenvalue weighted by Crippen LogP contribution is 2.49. The minimum Gasteiger partial charge on any atom is -0.481 e. The predicted molar refractivity (Wildman–Crippen MR) is 103 cm³/mol. The molecular formula is C21H26N4O3. The molecule has 1 aromatic heterocycles. The van der Waals surface area contributed by atoms with Gasteiger partial charge in [0.2, 0.25) is 0 Å². The van der Waals surface area contributed by atoms with Gasteiger partial charge in [-0.1, -0.05) is 0 Å². The Balaban J connectivity index is 1.51. The molecule has 0 spiro atoms. The molecule has 4 aliphatic heterocycles. The number of nitrogens with zero attached hydrogens (tertiary/aromatic N) is 4. The summed E-state index contributed by atoms with van der Waals surface area (Å²) < 4.78 is 5.73. The van der Waals surface area contributed by atoms with Gasteiger partial charge in [-0.25, -0.2) is 4.98 Å². The highest BCUT2D eigenvalue weighted by molar-refractivity contribution is 5.69. The Hall–Kier alpha value is -2.33. The number of pyridine rings is 1.